The molecule has 0 aliphatic carbocycles. The highest BCUT2D eigenvalue weighted by Crippen LogP contribution is 2.13. The fourth-order valence-electron chi connectivity index (χ4n) is 1.82. The predicted molar refractivity (Wildman–Crippen MR) is 86.7 cm³/mol. The van der Waals surface area contributed by atoms with Gasteiger partial charge in [-0.2, -0.15) is 0 Å². The van der Waals surface area contributed by atoms with Crippen LogP contribution < -0.4 is 10.1 Å². The van der Waals surface area contributed by atoms with Gasteiger partial charge in [-0.15, -0.1) is 0 Å². The molecule has 0 saturated carbocycles. The Morgan fingerprint density at radius 1 is 1.14 bits per heavy atom. The van der Waals surface area contributed by atoms with Gasteiger partial charge in [0.05, 0.1) is 6.61 Å². The lowest BCUT2D eigenvalue weighted by atomic mass is 10.2. The van der Waals surface area contributed by atoms with Crippen LogP contribution in [0.4, 0.5) is 0 Å². The first-order valence-electron chi connectivity index (χ1n) is 7.21. The average molecular weight is 303 g/mol. The second-order valence-electron chi connectivity index (χ2n) is 4.49. The third-order valence-electron chi connectivity index (χ3n) is 2.83. The molecule has 0 aliphatic rings. The standard InChI is InChI=1S/C16H21N3OS/c1-2-20-15-7-5-14(6-8-15)13-17-9-4-12-21-16-18-10-3-11-19-16/h3,5-8,10-11,17H,2,4,9,12-13H2,1H3. The Labute approximate surface area is 130 Å². The summed E-state index contributed by atoms with van der Waals surface area (Å²) >= 11 is 1.70. The maximum absolute atomic E-state index is 5.43. The lowest BCUT2D eigenvalue weighted by molar-refractivity contribution is 0.340. The highest BCUT2D eigenvalue weighted by Gasteiger charge is 1.97. The van der Waals surface area contributed by atoms with Crippen LogP contribution in [0.25, 0.3) is 0 Å². The SMILES string of the molecule is CCOc1ccc(CNCCCSc2ncccn2)cc1. The zero-order chi connectivity index (χ0) is 14.8. The fraction of sp³-hybridized carbons (Fsp3) is 0.375. The monoisotopic (exact) mass is 303 g/mol. The van der Waals surface area contributed by atoms with Gasteiger partial charge in [0.15, 0.2) is 5.16 Å². The summed E-state index contributed by atoms with van der Waals surface area (Å²) in [4.78, 5) is 8.37. The lowest BCUT2D eigenvalue weighted by Gasteiger charge is -2.06. The second kappa shape index (κ2) is 9.37. The minimum absolute atomic E-state index is 0.709. The van der Waals surface area contributed by atoms with Gasteiger partial charge in [0.2, 0.25) is 0 Å². The van der Waals surface area contributed by atoms with Crippen molar-refractivity contribution in [3.8, 4) is 5.75 Å². The van der Waals surface area contributed by atoms with Gasteiger partial charge >= 0.3 is 0 Å². The molecule has 0 spiro atoms. The van der Waals surface area contributed by atoms with Gasteiger partial charge in [-0.1, -0.05) is 23.9 Å². The van der Waals surface area contributed by atoms with Crippen molar-refractivity contribution in [2.24, 2.45) is 0 Å². The summed E-state index contributed by atoms with van der Waals surface area (Å²) in [6.45, 7) is 4.58. The number of hydrogen-bond acceptors (Lipinski definition) is 5. The van der Waals surface area contributed by atoms with Crippen molar-refractivity contribution in [3.05, 3.63) is 48.3 Å². The number of nitrogens with one attached hydrogen (secondary N) is 1. The lowest BCUT2D eigenvalue weighted by Crippen LogP contribution is -2.15. The van der Waals surface area contributed by atoms with Crippen LogP contribution in [0.5, 0.6) is 5.75 Å². The first-order valence-corrected chi connectivity index (χ1v) is 8.19. The number of benzene rings is 1. The molecule has 1 N–H and O–H groups in total. The summed E-state index contributed by atoms with van der Waals surface area (Å²) in [5.41, 5.74) is 1.28. The van der Waals surface area contributed by atoms with E-state index in [9.17, 15) is 0 Å². The molecule has 0 fully saturated rings. The topological polar surface area (TPSA) is 47.0 Å². The van der Waals surface area contributed by atoms with Gasteiger partial charge in [-0.3, -0.25) is 0 Å². The summed E-state index contributed by atoms with van der Waals surface area (Å²) in [5.74, 6) is 1.96. The second-order valence-corrected chi connectivity index (χ2v) is 5.55. The molecule has 4 nitrogen and oxygen atoms in total. The highest BCUT2D eigenvalue weighted by atomic mass is 32.2. The van der Waals surface area contributed by atoms with Gasteiger partial charge in [-0.05, 0) is 43.7 Å². The molecular formula is C16H21N3OS. The van der Waals surface area contributed by atoms with Crippen LogP contribution in [0.3, 0.4) is 0 Å². The Morgan fingerprint density at radius 3 is 2.62 bits per heavy atom. The average Bonchev–Trinajstić information content (AvgIpc) is 2.53. The minimum atomic E-state index is 0.709. The number of rotatable bonds is 9. The summed E-state index contributed by atoms with van der Waals surface area (Å²) in [7, 11) is 0. The van der Waals surface area contributed by atoms with Gasteiger partial charge < -0.3 is 10.1 Å². The molecule has 0 amide bonds. The maximum Gasteiger partial charge on any atom is 0.187 e. The first-order chi connectivity index (χ1) is 10.4. The normalized spacial score (nSPS) is 10.5. The van der Waals surface area contributed by atoms with Crippen LogP contribution in [0.15, 0.2) is 47.9 Å². The van der Waals surface area contributed by atoms with Crippen LogP contribution in [-0.2, 0) is 6.54 Å². The molecule has 2 rings (SSSR count). The van der Waals surface area contributed by atoms with E-state index in [2.05, 4.69) is 27.4 Å². The van der Waals surface area contributed by atoms with E-state index in [1.54, 1.807) is 24.2 Å². The molecule has 1 heterocycles. The van der Waals surface area contributed by atoms with Gasteiger partial charge in [0.1, 0.15) is 5.75 Å². The highest BCUT2D eigenvalue weighted by molar-refractivity contribution is 7.99. The number of ether oxygens (including phenoxy) is 1. The molecule has 0 atom stereocenters. The first kappa shape index (κ1) is 15.8. The Bertz CT molecular complexity index is 505. The van der Waals surface area contributed by atoms with Crippen molar-refractivity contribution in [1.29, 1.82) is 0 Å². The molecule has 5 heteroatoms. The third-order valence-corrected chi connectivity index (χ3v) is 3.80. The Hall–Kier alpha value is -1.59. The number of nitrogens with zero attached hydrogens (tertiary/aromatic N) is 2. The Morgan fingerprint density at radius 2 is 1.90 bits per heavy atom. The van der Waals surface area contributed by atoms with E-state index >= 15 is 0 Å². The van der Waals surface area contributed by atoms with Crippen molar-refractivity contribution in [1.82, 2.24) is 15.3 Å². The number of aromatic nitrogens is 2. The van der Waals surface area contributed by atoms with E-state index in [1.807, 2.05) is 25.1 Å². The number of thioether (sulfide) groups is 1. The molecule has 0 bridgehead atoms. The van der Waals surface area contributed by atoms with Crippen molar-refractivity contribution in [2.75, 3.05) is 18.9 Å². The van der Waals surface area contributed by atoms with Crippen LogP contribution in [0.2, 0.25) is 0 Å². The zero-order valence-corrected chi connectivity index (χ0v) is 13.1. The fourth-order valence-corrected chi connectivity index (χ4v) is 2.57. The van der Waals surface area contributed by atoms with Crippen LogP contribution in [0.1, 0.15) is 18.9 Å². The molecule has 0 saturated heterocycles. The summed E-state index contributed by atoms with van der Waals surface area (Å²) < 4.78 is 5.43. The van der Waals surface area contributed by atoms with Gasteiger partial charge in [-0.25, -0.2) is 9.97 Å². The smallest absolute Gasteiger partial charge is 0.187 e. The summed E-state index contributed by atoms with van der Waals surface area (Å²) in [6.07, 6.45) is 4.65. The van der Waals surface area contributed by atoms with Crippen molar-refractivity contribution < 1.29 is 4.74 Å². The molecule has 0 aliphatic heterocycles. The van der Waals surface area contributed by atoms with Crippen LogP contribution in [-0.4, -0.2) is 28.9 Å². The maximum atomic E-state index is 5.43. The molecule has 21 heavy (non-hydrogen) atoms. The quantitative estimate of drug-likeness (QED) is 0.438. The van der Waals surface area contributed by atoms with E-state index in [1.165, 1.54) is 5.56 Å². The van der Waals surface area contributed by atoms with Gasteiger partial charge in [0, 0.05) is 24.7 Å². The molecule has 1 aromatic carbocycles. The van der Waals surface area contributed by atoms with E-state index in [-0.39, 0.29) is 0 Å². The molecule has 0 radical (unpaired) electrons. The molecular weight excluding hydrogens is 282 g/mol. The van der Waals surface area contributed by atoms with Crippen LogP contribution in [0, 0.1) is 0 Å². The van der Waals surface area contributed by atoms with E-state index in [0.717, 1.165) is 36.2 Å². The van der Waals surface area contributed by atoms with Crippen LogP contribution >= 0.6 is 11.8 Å². The third kappa shape index (κ3) is 6.14. The summed E-state index contributed by atoms with van der Waals surface area (Å²) in [5, 5.41) is 4.30. The Kier molecular flexibility index (Phi) is 7.04. The van der Waals surface area contributed by atoms with E-state index < -0.39 is 0 Å². The van der Waals surface area contributed by atoms with Crippen molar-refractivity contribution >= 4 is 11.8 Å². The Balaban J connectivity index is 1.57. The van der Waals surface area contributed by atoms with E-state index in [0.29, 0.717) is 6.61 Å². The minimum Gasteiger partial charge on any atom is -0.494 e. The largest absolute Gasteiger partial charge is 0.494 e. The van der Waals surface area contributed by atoms with E-state index in [4.69, 9.17) is 4.74 Å². The predicted octanol–water partition coefficient (Wildman–Crippen LogP) is 3.15. The molecule has 1 aromatic heterocycles. The molecule has 0 unspecified atom stereocenters. The number of hydrogen-bond donors (Lipinski definition) is 1. The zero-order valence-electron chi connectivity index (χ0n) is 12.3. The molecule has 112 valence electrons. The van der Waals surface area contributed by atoms with Gasteiger partial charge in [0.25, 0.3) is 0 Å². The van der Waals surface area contributed by atoms with Crippen molar-refractivity contribution in [3.63, 3.8) is 0 Å². The molecule has 2 aromatic rings. The summed E-state index contributed by atoms with van der Waals surface area (Å²) in [6, 6.07) is 10.1. The van der Waals surface area contributed by atoms with Crippen molar-refractivity contribution in [2.45, 2.75) is 25.0 Å².